The number of rotatable bonds is 6. The molecule has 1 aliphatic rings. The van der Waals surface area contributed by atoms with Gasteiger partial charge in [-0.1, -0.05) is 59.3 Å². The quantitative estimate of drug-likeness (QED) is 0.214. The zero-order valence-electron chi connectivity index (χ0n) is 19.6. The Bertz CT molecular complexity index is 1410. The molecule has 0 spiro atoms. The minimum atomic E-state index is -0.668. The van der Waals surface area contributed by atoms with Gasteiger partial charge in [0.05, 0.1) is 10.2 Å². The van der Waals surface area contributed by atoms with E-state index < -0.39 is 16.1 Å². The lowest BCUT2D eigenvalue weighted by Gasteiger charge is -2.19. The highest BCUT2D eigenvalue weighted by atomic mass is 32.2. The SMILES string of the molecule is Cc1ccc(NC(=O)/C(C#N)=C2\SC(Cc3cccc([N+](=O)[O-])c3)C(=O)N2c2ccc(C)cc2)cc1. The third-order valence-electron chi connectivity index (χ3n) is 5.65. The third-order valence-corrected chi connectivity index (χ3v) is 6.91. The van der Waals surface area contributed by atoms with Crippen LogP contribution in [0.5, 0.6) is 0 Å². The van der Waals surface area contributed by atoms with Crippen molar-refractivity contribution in [1.29, 1.82) is 5.26 Å². The van der Waals surface area contributed by atoms with E-state index >= 15 is 0 Å². The van der Waals surface area contributed by atoms with Crippen LogP contribution in [-0.4, -0.2) is 22.0 Å². The Kier molecular flexibility index (Phi) is 7.17. The van der Waals surface area contributed by atoms with Crippen LogP contribution in [0, 0.1) is 35.3 Å². The summed E-state index contributed by atoms with van der Waals surface area (Å²) in [5.74, 6) is -0.925. The molecule has 1 atom stereocenters. The highest BCUT2D eigenvalue weighted by Crippen LogP contribution is 2.42. The maximum absolute atomic E-state index is 13.6. The second kappa shape index (κ2) is 10.5. The minimum Gasteiger partial charge on any atom is -0.321 e. The number of aryl methyl sites for hydroxylation is 2. The predicted molar refractivity (Wildman–Crippen MR) is 139 cm³/mol. The number of amides is 2. The van der Waals surface area contributed by atoms with Crippen LogP contribution in [0.15, 0.2) is 83.4 Å². The van der Waals surface area contributed by atoms with Crippen molar-refractivity contribution in [3.8, 4) is 6.07 Å². The topological polar surface area (TPSA) is 116 Å². The first-order chi connectivity index (χ1) is 17.3. The fourth-order valence-corrected chi connectivity index (χ4v) is 5.07. The Morgan fingerprint density at radius 3 is 2.33 bits per heavy atom. The summed E-state index contributed by atoms with van der Waals surface area (Å²) in [6.07, 6.45) is 0.204. The number of thioether (sulfide) groups is 1. The van der Waals surface area contributed by atoms with E-state index in [1.807, 2.05) is 44.2 Å². The number of nitro groups is 1. The molecule has 1 aliphatic heterocycles. The van der Waals surface area contributed by atoms with Crippen molar-refractivity contribution in [2.45, 2.75) is 25.5 Å². The smallest absolute Gasteiger partial charge is 0.269 e. The summed E-state index contributed by atoms with van der Waals surface area (Å²) < 4.78 is 0. The lowest BCUT2D eigenvalue weighted by atomic mass is 10.1. The van der Waals surface area contributed by atoms with Gasteiger partial charge in [0.1, 0.15) is 16.7 Å². The number of benzene rings is 3. The normalized spacial score (nSPS) is 16.4. The average Bonchev–Trinajstić information content (AvgIpc) is 3.17. The highest BCUT2D eigenvalue weighted by Gasteiger charge is 2.41. The van der Waals surface area contributed by atoms with Crippen LogP contribution >= 0.6 is 11.8 Å². The number of hydrogen-bond acceptors (Lipinski definition) is 6. The van der Waals surface area contributed by atoms with Gasteiger partial charge in [0.25, 0.3) is 11.6 Å². The van der Waals surface area contributed by atoms with E-state index in [1.54, 1.807) is 36.4 Å². The molecule has 1 unspecified atom stereocenters. The van der Waals surface area contributed by atoms with Gasteiger partial charge in [-0.25, -0.2) is 0 Å². The van der Waals surface area contributed by atoms with Crippen molar-refractivity contribution in [1.82, 2.24) is 0 Å². The molecule has 0 aromatic heterocycles. The second-order valence-corrected chi connectivity index (χ2v) is 9.55. The van der Waals surface area contributed by atoms with Gasteiger partial charge < -0.3 is 5.32 Å². The first-order valence-corrected chi connectivity index (χ1v) is 12.0. The van der Waals surface area contributed by atoms with Crippen molar-refractivity contribution < 1.29 is 14.5 Å². The van der Waals surface area contributed by atoms with Crippen LogP contribution in [-0.2, 0) is 16.0 Å². The van der Waals surface area contributed by atoms with Crippen LogP contribution in [0.1, 0.15) is 16.7 Å². The van der Waals surface area contributed by atoms with E-state index in [1.165, 1.54) is 17.0 Å². The van der Waals surface area contributed by atoms with Crippen molar-refractivity contribution in [3.05, 3.63) is 110 Å². The molecule has 1 fully saturated rings. The number of carbonyl (C=O) groups excluding carboxylic acids is 2. The number of carbonyl (C=O) groups is 2. The molecule has 4 rings (SSSR count). The summed E-state index contributed by atoms with van der Waals surface area (Å²) in [7, 11) is 0. The Hall–Kier alpha value is -4.42. The molecule has 9 heteroatoms. The maximum Gasteiger partial charge on any atom is 0.269 e. The molecule has 0 aliphatic carbocycles. The first-order valence-electron chi connectivity index (χ1n) is 11.1. The van der Waals surface area contributed by atoms with E-state index in [-0.39, 0.29) is 28.6 Å². The minimum absolute atomic E-state index is 0.0655. The molecule has 0 radical (unpaired) electrons. The molecule has 1 heterocycles. The molecule has 3 aromatic carbocycles. The van der Waals surface area contributed by atoms with Crippen molar-refractivity contribution in [2.24, 2.45) is 0 Å². The fraction of sp³-hybridized carbons (Fsp3) is 0.148. The molecular formula is C27H22N4O4S. The van der Waals surface area contributed by atoms with Gasteiger partial charge in [-0.15, -0.1) is 0 Å². The molecule has 8 nitrogen and oxygen atoms in total. The van der Waals surface area contributed by atoms with Gasteiger partial charge in [-0.05, 0) is 50.1 Å². The summed E-state index contributed by atoms with van der Waals surface area (Å²) in [5, 5.41) is 23.4. The number of nitrogens with one attached hydrogen (secondary N) is 1. The van der Waals surface area contributed by atoms with E-state index in [9.17, 15) is 25.0 Å². The lowest BCUT2D eigenvalue weighted by molar-refractivity contribution is -0.384. The molecule has 1 N–H and O–H groups in total. The van der Waals surface area contributed by atoms with Gasteiger partial charge in [0.15, 0.2) is 0 Å². The van der Waals surface area contributed by atoms with Crippen LogP contribution < -0.4 is 10.2 Å². The lowest BCUT2D eigenvalue weighted by Crippen LogP contribution is -2.30. The monoisotopic (exact) mass is 498 g/mol. The number of nitro benzene ring substituents is 1. The van der Waals surface area contributed by atoms with E-state index in [2.05, 4.69) is 5.32 Å². The number of nitriles is 1. The van der Waals surface area contributed by atoms with Crippen LogP contribution in [0.3, 0.4) is 0 Å². The zero-order chi connectivity index (χ0) is 25.8. The number of anilines is 2. The largest absolute Gasteiger partial charge is 0.321 e. The average molecular weight is 499 g/mol. The predicted octanol–water partition coefficient (Wildman–Crippen LogP) is 5.28. The highest BCUT2D eigenvalue weighted by molar-refractivity contribution is 8.05. The Balaban J connectivity index is 1.72. The summed E-state index contributed by atoms with van der Waals surface area (Å²) in [6.45, 7) is 3.85. The van der Waals surface area contributed by atoms with E-state index in [0.717, 1.165) is 22.9 Å². The molecule has 2 amide bonds. The fourth-order valence-electron chi connectivity index (χ4n) is 3.76. The number of hydrogen-bond donors (Lipinski definition) is 1. The molecule has 3 aromatic rings. The number of non-ortho nitro benzene ring substituents is 1. The third kappa shape index (κ3) is 5.29. The van der Waals surface area contributed by atoms with E-state index in [4.69, 9.17) is 0 Å². The van der Waals surface area contributed by atoms with Crippen LogP contribution in [0.4, 0.5) is 17.1 Å². The van der Waals surface area contributed by atoms with Crippen molar-refractivity contribution >= 4 is 40.6 Å². The Labute approximate surface area is 212 Å². The molecular weight excluding hydrogens is 476 g/mol. The molecule has 0 bridgehead atoms. The van der Waals surface area contributed by atoms with E-state index in [0.29, 0.717) is 16.9 Å². The number of nitrogens with zero attached hydrogens (tertiary/aromatic N) is 3. The summed E-state index contributed by atoms with van der Waals surface area (Å²) >= 11 is 1.11. The molecule has 36 heavy (non-hydrogen) atoms. The molecule has 1 saturated heterocycles. The molecule has 180 valence electrons. The van der Waals surface area contributed by atoms with Gasteiger partial charge in [0, 0.05) is 23.5 Å². The van der Waals surface area contributed by atoms with Crippen LogP contribution in [0.2, 0.25) is 0 Å². The maximum atomic E-state index is 13.6. The summed E-state index contributed by atoms with van der Waals surface area (Å²) in [5.41, 5.74) is 3.45. The Morgan fingerprint density at radius 2 is 1.72 bits per heavy atom. The first kappa shape index (κ1) is 24.7. The van der Waals surface area contributed by atoms with Crippen LogP contribution in [0.25, 0.3) is 0 Å². The second-order valence-electron chi connectivity index (χ2n) is 8.36. The molecule has 0 saturated carbocycles. The standard InChI is InChI=1S/C27H22N4O4S/c1-17-6-10-20(11-7-17)29-25(32)23(16-28)27-30(21-12-8-18(2)9-13-21)26(33)24(36-27)15-19-4-3-5-22(14-19)31(34)35/h3-14,24H,15H2,1-2H3,(H,29,32)/b27-23-. The van der Waals surface area contributed by atoms with Gasteiger partial charge in [-0.3, -0.25) is 24.6 Å². The summed E-state index contributed by atoms with van der Waals surface area (Å²) in [6, 6.07) is 22.5. The summed E-state index contributed by atoms with van der Waals surface area (Å²) in [4.78, 5) is 38.8. The van der Waals surface area contributed by atoms with Crippen molar-refractivity contribution in [3.63, 3.8) is 0 Å². The zero-order valence-corrected chi connectivity index (χ0v) is 20.4. The Morgan fingerprint density at radius 1 is 1.08 bits per heavy atom. The van der Waals surface area contributed by atoms with Gasteiger partial charge in [0.2, 0.25) is 5.91 Å². The van der Waals surface area contributed by atoms with Gasteiger partial charge >= 0.3 is 0 Å². The van der Waals surface area contributed by atoms with Crippen molar-refractivity contribution in [2.75, 3.05) is 10.2 Å². The van der Waals surface area contributed by atoms with Gasteiger partial charge in [-0.2, -0.15) is 5.26 Å².